The van der Waals surface area contributed by atoms with Crippen molar-refractivity contribution in [2.75, 3.05) is 13.4 Å². The van der Waals surface area contributed by atoms with Crippen LogP contribution in [0.2, 0.25) is 0 Å². The Hall–Kier alpha value is -2.53. The summed E-state index contributed by atoms with van der Waals surface area (Å²) in [6.45, 7) is 2.92. The average Bonchev–Trinajstić information content (AvgIpc) is 3.24. The smallest absolute Gasteiger partial charge is 0.231 e. The lowest BCUT2D eigenvalue weighted by molar-refractivity contribution is 0.174. The number of hydrogen-bond donors (Lipinski definition) is 0. The summed E-state index contributed by atoms with van der Waals surface area (Å²) in [4.78, 5) is 4.74. The quantitative estimate of drug-likeness (QED) is 0.702. The van der Waals surface area contributed by atoms with E-state index in [9.17, 15) is 0 Å². The van der Waals surface area contributed by atoms with Crippen molar-refractivity contribution in [1.82, 2.24) is 4.98 Å². The van der Waals surface area contributed by atoms with Gasteiger partial charge in [-0.3, -0.25) is 0 Å². The molecular formula is C18H15NO3S. The van der Waals surface area contributed by atoms with Gasteiger partial charge in [-0.05, 0) is 37.3 Å². The van der Waals surface area contributed by atoms with Crippen molar-refractivity contribution in [2.45, 2.75) is 6.92 Å². The van der Waals surface area contributed by atoms with Gasteiger partial charge in [-0.1, -0.05) is 12.1 Å². The van der Waals surface area contributed by atoms with E-state index < -0.39 is 0 Å². The largest absolute Gasteiger partial charge is 0.494 e. The van der Waals surface area contributed by atoms with Crippen molar-refractivity contribution in [3.63, 3.8) is 0 Å². The van der Waals surface area contributed by atoms with Gasteiger partial charge in [0.25, 0.3) is 0 Å². The van der Waals surface area contributed by atoms with Crippen molar-refractivity contribution < 1.29 is 14.2 Å². The summed E-state index contributed by atoms with van der Waals surface area (Å²) in [6, 6.07) is 13.9. The normalized spacial score (nSPS) is 12.4. The fourth-order valence-electron chi connectivity index (χ4n) is 2.48. The highest BCUT2D eigenvalue weighted by Crippen LogP contribution is 2.37. The topological polar surface area (TPSA) is 40.6 Å². The molecule has 4 nitrogen and oxygen atoms in total. The third-order valence-electron chi connectivity index (χ3n) is 3.56. The lowest BCUT2D eigenvalue weighted by Crippen LogP contribution is -1.92. The Balaban J connectivity index is 1.65. The van der Waals surface area contributed by atoms with E-state index in [-0.39, 0.29) is 6.79 Å². The molecule has 1 aromatic heterocycles. The maximum absolute atomic E-state index is 5.56. The van der Waals surface area contributed by atoms with E-state index in [1.165, 1.54) is 0 Å². The molecule has 1 aliphatic rings. The molecule has 5 heteroatoms. The summed E-state index contributed by atoms with van der Waals surface area (Å²) in [5.74, 6) is 2.42. The Morgan fingerprint density at radius 3 is 2.91 bits per heavy atom. The molecule has 0 saturated heterocycles. The maximum Gasteiger partial charge on any atom is 0.231 e. The minimum absolute atomic E-state index is 0.283. The number of hydrogen-bond acceptors (Lipinski definition) is 5. The third kappa shape index (κ3) is 2.75. The van der Waals surface area contributed by atoms with Gasteiger partial charge in [0.05, 0.1) is 12.3 Å². The Labute approximate surface area is 138 Å². The fraction of sp³-hybridized carbons (Fsp3) is 0.167. The Bertz CT molecular complexity index is 844. The minimum atomic E-state index is 0.283. The van der Waals surface area contributed by atoms with Crippen molar-refractivity contribution in [2.24, 2.45) is 0 Å². The number of rotatable bonds is 4. The molecule has 0 bridgehead atoms. The predicted molar refractivity (Wildman–Crippen MR) is 90.3 cm³/mol. The Morgan fingerprint density at radius 2 is 2.00 bits per heavy atom. The van der Waals surface area contributed by atoms with Crippen LogP contribution >= 0.6 is 11.3 Å². The first-order chi connectivity index (χ1) is 11.3. The molecule has 2 heterocycles. The molecule has 1 aliphatic heterocycles. The van der Waals surface area contributed by atoms with Crippen LogP contribution in [0.3, 0.4) is 0 Å². The first kappa shape index (κ1) is 14.1. The zero-order valence-electron chi connectivity index (χ0n) is 12.6. The average molecular weight is 325 g/mol. The van der Waals surface area contributed by atoms with E-state index in [4.69, 9.17) is 19.2 Å². The summed E-state index contributed by atoms with van der Waals surface area (Å²) >= 11 is 1.62. The molecule has 23 heavy (non-hydrogen) atoms. The first-order valence-corrected chi connectivity index (χ1v) is 8.30. The molecule has 3 aromatic rings. The molecule has 0 fully saturated rings. The van der Waals surface area contributed by atoms with Gasteiger partial charge in [0.1, 0.15) is 10.8 Å². The second kappa shape index (κ2) is 5.93. The highest BCUT2D eigenvalue weighted by molar-refractivity contribution is 7.13. The SMILES string of the molecule is CCOc1cccc(-c2nc(-c3ccc4c(c3)OCO4)cs2)c1. The van der Waals surface area contributed by atoms with Gasteiger partial charge >= 0.3 is 0 Å². The Morgan fingerprint density at radius 1 is 1.09 bits per heavy atom. The standard InChI is InChI=1S/C18H15NO3S/c1-2-20-14-5-3-4-13(8-14)18-19-15(10-23-18)12-6-7-16-17(9-12)22-11-21-16/h3-10H,2,11H2,1H3. The molecule has 2 aromatic carbocycles. The van der Waals surface area contributed by atoms with E-state index >= 15 is 0 Å². The number of ether oxygens (including phenoxy) is 3. The highest BCUT2D eigenvalue weighted by atomic mass is 32.1. The molecule has 0 amide bonds. The highest BCUT2D eigenvalue weighted by Gasteiger charge is 2.15. The monoisotopic (exact) mass is 325 g/mol. The number of fused-ring (bicyclic) bond motifs is 1. The second-order valence-corrected chi connectivity index (χ2v) is 5.92. The third-order valence-corrected chi connectivity index (χ3v) is 4.46. The van der Waals surface area contributed by atoms with Crippen molar-refractivity contribution in [3.05, 3.63) is 47.8 Å². The Kier molecular flexibility index (Phi) is 3.63. The maximum atomic E-state index is 5.56. The van der Waals surface area contributed by atoms with Crippen LogP contribution in [0.5, 0.6) is 17.2 Å². The van der Waals surface area contributed by atoms with Gasteiger partial charge in [-0.2, -0.15) is 0 Å². The zero-order chi connectivity index (χ0) is 15.6. The lowest BCUT2D eigenvalue weighted by Gasteiger charge is -2.04. The zero-order valence-corrected chi connectivity index (χ0v) is 13.4. The van der Waals surface area contributed by atoms with Crippen LogP contribution < -0.4 is 14.2 Å². The number of thiazole rings is 1. The van der Waals surface area contributed by atoms with Crippen LogP contribution in [0, 0.1) is 0 Å². The van der Waals surface area contributed by atoms with Crippen molar-refractivity contribution in [1.29, 1.82) is 0 Å². The van der Waals surface area contributed by atoms with Crippen LogP contribution in [0.15, 0.2) is 47.8 Å². The number of benzene rings is 2. The van der Waals surface area contributed by atoms with Gasteiger partial charge in [-0.15, -0.1) is 11.3 Å². The molecule has 4 rings (SSSR count). The van der Waals surface area contributed by atoms with Crippen LogP contribution in [0.25, 0.3) is 21.8 Å². The van der Waals surface area contributed by atoms with Crippen LogP contribution in [0.1, 0.15) is 6.92 Å². The van der Waals surface area contributed by atoms with Crippen molar-refractivity contribution in [3.8, 4) is 39.1 Å². The molecule has 0 aliphatic carbocycles. The van der Waals surface area contributed by atoms with Crippen LogP contribution in [-0.2, 0) is 0 Å². The predicted octanol–water partition coefficient (Wildman–Crippen LogP) is 4.60. The minimum Gasteiger partial charge on any atom is -0.494 e. The molecule has 0 N–H and O–H groups in total. The summed E-state index contributed by atoms with van der Waals surface area (Å²) in [7, 11) is 0. The molecule has 0 saturated carbocycles. The molecule has 0 unspecified atom stereocenters. The van der Waals surface area contributed by atoms with Crippen LogP contribution in [0.4, 0.5) is 0 Å². The summed E-state index contributed by atoms with van der Waals surface area (Å²) in [5.41, 5.74) is 3.02. The van der Waals surface area contributed by atoms with E-state index in [2.05, 4.69) is 5.38 Å². The van der Waals surface area contributed by atoms with E-state index in [1.54, 1.807) is 11.3 Å². The summed E-state index contributed by atoms with van der Waals surface area (Å²) in [5, 5.41) is 3.03. The summed E-state index contributed by atoms with van der Waals surface area (Å²) in [6.07, 6.45) is 0. The molecule has 0 spiro atoms. The second-order valence-electron chi connectivity index (χ2n) is 5.07. The lowest BCUT2D eigenvalue weighted by atomic mass is 10.1. The molecule has 0 atom stereocenters. The van der Waals surface area contributed by atoms with Gasteiger partial charge < -0.3 is 14.2 Å². The molecular weight excluding hydrogens is 310 g/mol. The van der Waals surface area contributed by atoms with E-state index in [0.717, 1.165) is 39.1 Å². The molecule has 116 valence electrons. The van der Waals surface area contributed by atoms with Gasteiger partial charge in [-0.25, -0.2) is 4.98 Å². The summed E-state index contributed by atoms with van der Waals surface area (Å²) < 4.78 is 16.3. The van der Waals surface area contributed by atoms with Gasteiger partial charge in [0, 0.05) is 16.5 Å². The fourth-order valence-corrected chi connectivity index (χ4v) is 3.31. The van der Waals surface area contributed by atoms with Crippen molar-refractivity contribution >= 4 is 11.3 Å². The van der Waals surface area contributed by atoms with Crippen LogP contribution in [-0.4, -0.2) is 18.4 Å². The molecule has 0 radical (unpaired) electrons. The first-order valence-electron chi connectivity index (χ1n) is 7.42. The number of aromatic nitrogens is 1. The van der Waals surface area contributed by atoms with Gasteiger partial charge in [0.15, 0.2) is 11.5 Å². The van der Waals surface area contributed by atoms with Gasteiger partial charge in [0.2, 0.25) is 6.79 Å². The van der Waals surface area contributed by atoms with E-state index in [1.807, 2.05) is 49.4 Å². The number of nitrogens with zero attached hydrogens (tertiary/aromatic N) is 1. The van der Waals surface area contributed by atoms with E-state index in [0.29, 0.717) is 6.61 Å².